The molecule has 77 heavy (non-hydrogen) atoms. The van der Waals surface area contributed by atoms with Crippen molar-refractivity contribution in [3.8, 4) is 0 Å². The SMILES string of the molecule is CC/C=C\C/C=C\C/C=C\C/C=C\C/C=C\CC(=O)OC(COC(=O)CC/C=C\C/C=C\C/C=C\C/C=C\CC)COC(=O)CCCCCCCCCCCCCCCCCCCCC/C=C\CCCCCCCCCC. The van der Waals surface area contributed by atoms with Crippen LogP contribution in [0.25, 0.3) is 0 Å². The first kappa shape index (κ1) is 72.8. The molecule has 0 spiro atoms. The van der Waals surface area contributed by atoms with Crippen LogP contribution in [-0.2, 0) is 28.6 Å². The van der Waals surface area contributed by atoms with Gasteiger partial charge in [-0.25, -0.2) is 0 Å². The predicted molar refractivity (Wildman–Crippen MR) is 334 cm³/mol. The van der Waals surface area contributed by atoms with Crippen molar-refractivity contribution in [2.45, 2.75) is 297 Å². The molecule has 0 saturated heterocycles. The number of hydrogen-bond donors (Lipinski definition) is 0. The van der Waals surface area contributed by atoms with Crippen LogP contribution in [-0.4, -0.2) is 37.2 Å². The zero-order valence-electron chi connectivity index (χ0n) is 50.2. The minimum Gasteiger partial charge on any atom is -0.462 e. The van der Waals surface area contributed by atoms with E-state index in [0.717, 1.165) is 70.6 Å². The summed E-state index contributed by atoms with van der Waals surface area (Å²) in [6.07, 6.45) is 89.9. The highest BCUT2D eigenvalue weighted by atomic mass is 16.6. The summed E-state index contributed by atoms with van der Waals surface area (Å²) in [7, 11) is 0. The van der Waals surface area contributed by atoms with Gasteiger partial charge in [0, 0.05) is 12.8 Å². The molecule has 0 fully saturated rings. The zero-order chi connectivity index (χ0) is 55.7. The second-order valence-electron chi connectivity index (χ2n) is 20.9. The van der Waals surface area contributed by atoms with Gasteiger partial charge >= 0.3 is 17.9 Å². The Balaban J connectivity index is 4.26. The molecule has 0 heterocycles. The van der Waals surface area contributed by atoms with Gasteiger partial charge in [0.2, 0.25) is 0 Å². The van der Waals surface area contributed by atoms with Crippen LogP contribution in [0.3, 0.4) is 0 Å². The van der Waals surface area contributed by atoms with E-state index in [1.54, 1.807) is 6.08 Å². The fourth-order valence-corrected chi connectivity index (χ4v) is 8.76. The Kier molecular flexibility index (Phi) is 60.8. The van der Waals surface area contributed by atoms with Gasteiger partial charge in [0.25, 0.3) is 0 Å². The Hall–Kier alpha value is -4.19. The molecule has 438 valence electrons. The third kappa shape index (κ3) is 62.5. The molecule has 0 aliphatic rings. The highest BCUT2D eigenvalue weighted by Gasteiger charge is 2.19. The van der Waals surface area contributed by atoms with E-state index in [2.05, 4.69) is 118 Å². The number of allylic oxidation sites excluding steroid dienone is 19. The molecule has 0 aromatic carbocycles. The number of ether oxygens (including phenoxy) is 3. The maximum absolute atomic E-state index is 12.8. The third-order valence-corrected chi connectivity index (χ3v) is 13.5. The van der Waals surface area contributed by atoms with Crippen molar-refractivity contribution in [1.82, 2.24) is 0 Å². The Morgan fingerprint density at radius 1 is 0.286 bits per heavy atom. The van der Waals surface area contributed by atoms with Gasteiger partial charge < -0.3 is 14.2 Å². The van der Waals surface area contributed by atoms with Gasteiger partial charge in [-0.2, -0.15) is 0 Å². The van der Waals surface area contributed by atoms with Crippen LogP contribution in [0.4, 0.5) is 0 Å². The molecule has 0 bridgehead atoms. The number of hydrogen-bond acceptors (Lipinski definition) is 6. The highest BCUT2D eigenvalue weighted by Crippen LogP contribution is 2.16. The minimum atomic E-state index is -0.864. The maximum Gasteiger partial charge on any atom is 0.310 e. The summed E-state index contributed by atoms with van der Waals surface area (Å²) in [6.45, 7) is 6.27. The van der Waals surface area contributed by atoms with Crippen molar-refractivity contribution in [1.29, 1.82) is 0 Å². The standard InChI is InChI=1S/C71H118O6/c1-4-7-10-13-16-19-22-25-27-28-29-30-31-32-33-34-35-36-37-38-39-40-41-42-44-46-49-52-55-58-61-64-70(73)76-67-68(66-75-69(72)63-60-57-54-51-48-45-24-21-18-15-12-9-6-3)77-71(74)65-62-59-56-53-50-47-43-26-23-20-17-14-11-8-5-2/h8-9,11-12,17-18,20-21,26,28-29,43,45,48,50,53-54,57,59,62,68H,4-7,10,13-16,19,22-25,27,30-42,44,46-47,49,51-52,55-56,58,60-61,63-67H2,1-3H3/b11-8-,12-9-,20-17-,21-18-,29-28-,43-26-,48-45-,53-50-,57-54-,62-59-. The van der Waals surface area contributed by atoms with E-state index in [9.17, 15) is 14.4 Å². The topological polar surface area (TPSA) is 78.9 Å². The number of rotatable bonds is 57. The first-order valence-electron chi connectivity index (χ1n) is 32.0. The molecule has 0 rings (SSSR count). The second-order valence-corrected chi connectivity index (χ2v) is 20.9. The quantitative estimate of drug-likeness (QED) is 0.0261. The summed E-state index contributed by atoms with van der Waals surface area (Å²) in [5.74, 6) is -1.15. The van der Waals surface area contributed by atoms with Crippen molar-refractivity contribution in [3.63, 3.8) is 0 Å². The fraction of sp³-hybridized carbons (Fsp3) is 0.676. The molecule has 0 aliphatic heterocycles. The molecule has 0 aliphatic carbocycles. The summed E-state index contributed by atoms with van der Waals surface area (Å²) in [5.41, 5.74) is 0. The first-order valence-corrected chi connectivity index (χ1v) is 32.0. The van der Waals surface area contributed by atoms with Gasteiger partial charge in [-0.05, 0) is 96.3 Å². The summed E-state index contributed by atoms with van der Waals surface area (Å²) in [6, 6.07) is 0. The molecule has 1 atom stereocenters. The molecule has 0 aromatic rings. The molecular formula is C71H118O6. The summed E-state index contributed by atoms with van der Waals surface area (Å²) < 4.78 is 16.7. The molecule has 0 radical (unpaired) electrons. The van der Waals surface area contributed by atoms with E-state index in [1.165, 1.54) is 167 Å². The lowest BCUT2D eigenvalue weighted by atomic mass is 10.0. The lowest BCUT2D eigenvalue weighted by Crippen LogP contribution is -2.30. The van der Waals surface area contributed by atoms with Gasteiger partial charge in [-0.15, -0.1) is 0 Å². The molecular weight excluding hydrogens is 949 g/mol. The van der Waals surface area contributed by atoms with E-state index < -0.39 is 12.1 Å². The largest absolute Gasteiger partial charge is 0.462 e. The number of esters is 3. The summed E-state index contributed by atoms with van der Waals surface area (Å²) in [4.78, 5) is 38.1. The van der Waals surface area contributed by atoms with Crippen LogP contribution in [0.2, 0.25) is 0 Å². The number of carbonyl (C=O) groups excluding carboxylic acids is 3. The van der Waals surface area contributed by atoms with Crippen molar-refractivity contribution in [3.05, 3.63) is 122 Å². The van der Waals surface area contributed by atoms with Crippen LogP contribution in [0.15, 0.2) is 122 Å². The van der Waals surface area contributed by atoms with Gasteiger partial charge in [0.1, 0.15) is 13.2 Å². The van der Waals surface area contributed by atoms with Crippen LogP contribution in [0, 0.1) is 0 Å². The average molecular weight is 1070 g/mol. The highest BCUT2D eigenvalue weighted by molar-refractivity contribution is 5.72. The Labute approximate surface area is 475 Å². The molecule has 6 heteroatoms. The predicted octanol–water partition coefficient (Wildman–Crippen LogP) is 22.0. The van der Waals surface area contributed by atoms with Crippen molar-refractivity contribution in [2.75, 3.05) is 13.2 Å². The second kappa shape index (κ2) is 64.3. The van der Waals surface area contributed by atoms with Crippen LogP contribution >= 0.6 is 0 Å². The summed E-state index contributed by atoms with van der Waals surface area (Å²) >= 11 is 0. The number of unbranched alkanes of at least 4 members (excludes halogenated alkanes) is 27. The molecule has 0 saturated carbocycles. The first-order chi connectivity index (χ1) is 38.0. The van der Waals surface area contributed by atoms with Crippen molar-refractivity contribution < 1.29 is 28.6 Å². The molecule has 1 unspecified atom stereocenters. The lowest BCUT2D eigenvalue weighted by molar-refractivity contribution is -0.166. The maximum atomic E-state index is 12.8. The molecule has 6 nitrogen and oxygen atoms in total. The Morgan fingerprint density at radius 2 is 0.571 bits per heavy atom. The Bertz CT molecular complexity index is 1600. The fourth-order valence-electron chi connectivity index (χ4n) is 8.76. The van der Waals surface area contributed by atoms with E-state index >= 15 is 0 Å². The average Bonchev–Trinajstić information content (AvgIpc) is 3.43. The van der Waals surface area contributed by atoms with E-state index in [-0.39, 0.29) is 38.0 Å². The monoisotopic (exact) mass is 1070 g/mol. The molecule has 0 N–H and O–H groups in total. The number of carbonyl (C=O) groups is 3. The third-order valence-electron chi connectivity index (χ3n) is 13.5. The van der Waals surface area contributed by atoms with E-state index in [1.807, 2.05) is 18.2 Å². The van der Waals surface area contributed by atoms with Gasteiger partial charge in [0.05, 0.1) is 6.42 Å². The summed E-state index contributed by atoms with van der Waals surface area (Å²) in [5, 5.41) is 0. The molecule has 0 aromatic heterocycles. The normalized spacial score (nSPS) is 12.9. The zero-order valence-corrected chi connectivity index (χ0v) is 50.2. The van der Waals surface area contributed by atoms with Gasteiger partial charge in [-0.3, -0.25) is 14.4 Å². The van der Waals surface area contributed by atoms with Crippen molar-refractivity contribution >= 4 is 17.9 Å². The lowest BCUT2D eigenvalue weighted by Gasteiger charge is -2.18. The van der Waals surface area contributed by atoms with Crippen LogP contribution in [0.5, 0.6) is 0 Å². The van der Waals surface area contributed by atoms with Gasteiger partial charge in [0.15, 0.2) is 6.10 Å². The molecule has 0 amide bonds. The Morgan fingerprint density at radius 3 is 0.935 bits per heavy atom. The van der Waals surface area contributed by atoms with Crippen LogP contribution in [0.1, 0.15) is 290 Å². The van der Waals surface area contributed by atoms with Crippen LogP contribution < -0.4 is 0 Å². The van der Waals surface area contributed by atoms with E-state index in [4.69, 9.17) is 14.2 Å². The smallest absolute Gasteiger partial charge is 0.310 e. The van der Waals surface area contributed by atoms with Crippen molar-refractivity contribution in [2.24, 2.45) is 0 Å². The van der Waals surface area contributed by atoms with E-state index in [0.29, 0.717) is 19.3 Å². The van der Waals surface area contributed by atoms with Gasteiger partial charge in [-0.1, -0.05) is 296 Å². The minimum absolute atomic E-state index is 0.0796.